The van der Waals surface area contributed by atoms with E-state index in [0.29, 0.717) is 25.4 Å². The van der Waals surface area contributed by atoms with Crippen molar-refractivity contribution in [1.29, 1.82) is 0 Å². The fourth-order valence-electron chi connectivity index (χ4n) is 2.61. The fourth-order valence-corrected chi connectivity index (χ4v) is 2.61. The number of aromatic nitrogens is 2. The Morgan fingerprint density at radius 1 is 1.29 bits per heavy atom. The number of amides is 1. The lowest BCUT2D eigenvalue weighted by Crippen LogP contribution is -2.32. The van der Waals surface area contributed by atoms with Crippen LogP contribution in [0.1, 0.15) is 17.7 Å². The maximum absolute atomic E-state index is 13.6. The van der Waals surface area contributed by atoms with E-state index in [4.69, 9.17) is 4.74 Å². The highest BCUT2D eigenvalue weighted by molar-refractivity contribution is 5.79. The molecule has 1 fully saturated rings. The van der Waals surface area contributed by atoms with E-state index in [9.17, 15) is 13.6 Å². The molecule has 3 rings (SSSR count). The van der Waals surface area contributed by atoms with E-state index in [1.807, 2.05) is 6.92 Å². The minimum atomic E-state index is -0.703. The molecule has 1 saturated heterocycles. The van der Waals surface area contributed by atoms with Gasteiger partial charge in [-0.25, -0.2) is 8.78 Å². The number of carbonyl (C=O) groups excluding carboxylic acids is 1. The molecule has 0 spiro atoms. The van der Waals surface area contributed by atoms with Gasteiger partial charge in [0, 0.05) is 25.1 Å². The smallest absolute Gasteiger partial charge is 0.233 e. The van der Waals surface area contributed by atoms with E-state index < -0.39 is 11.6 Å². The van der Waals surface area contributed by atoms with Crippen LogP contribution in [0.3, 0.4) is 0 Å². The molecule has 0 saturated carbocycles. The summed E-state index contributed by atoms with van der Waals surface area (Å²) >= 11 is 0. The van der Waals surface area contributed by atoms with Crippen LogP contribution in [0.4, 0.5) is 8.78 Å². The van der Waals surface area contributed by atoms with Gasteiger partial charge in [-0.1, -0.05) is 6.07 Å². The summed E-state index contributed by atoms with van der Waals surface area (Å²) in [5.74, 6) is -1.14. The molecule has 5 nitrogen and oxygen atoms in total. The molecule has 126 valence electrons. The highest BCUT2D eigenvalue weighted by atomic mass is 19.1. The molecule has 1 aliphatic heterocycles. The van der Waals surface area contributed by atoms with Crippen LogP contribution in [0.5, 0.6) is 5.88 Å². The highest BCUT2D eigenvalue weighted by Crippen LogP contribution is 2.18. The highest BCUT2D eigenvalue weighted by Gasteiger charge is 2.28. The number of rotatable bonds is 4. The molecule has 2 aromatic rings. The van der Waals surface area contributed by atoms with Crippen molar-refractivity contribution in [1.82, 2.24) is 15.1 Å². The molecular weight excluding hydrogens is 316 g/mol. The summed E-state index contributed by atoms with van der Waals surface area (Å²) in [6, 6.07) is 6.78. The lowest BCUT2D eigenvalue weighted by Gasteiger charge is -2.17. The van der Waals surface area contributed by atoms with Crippen molar-refractivity contribution in [2.45, 2.75) is 25.9 Å². The summed E-state index contributed by atoms with van der Waals surface area (Å²) in [5, 5.41) is 7.86. The van der Waals surface area contributed by atoms with Gasteiger partial charge in [0.05, 0.1) is 18.7 Å². The van der Waals surface area contributed by atoms with Gasteiger partial charge in [-0.2, -0.15) is 5.10 Å². The minimum Gasteiger partial charge on any atom is -0.471 e. The van der Waals surface area contributed by atoms with Gasteiger partial charge >= 0.3 is 0 Å². The first-order valence-electron chi connectivity index (χ1n) is 7.70. The maximum atomic E-state index is 13.6. The third-order valence-corrected chi connectivity index (χ3v) is 3.92. The van der Waals surface area contributed by atoms with Crippen molar-refractivity contribution in [3.63, 3.8) is 0 Å². The Kier molecular flexibility index (Phi) is 4.69. The van der Waals surface area contributed by atoms with Crippen molar-refractivity contribution in [3.8, 4) is 5.88 Å². The Hall–Kier alpha value is -2.57. The number of ether oxygens (including phenoxy) is 1. The zero-order valence-electron chi connectivity index (χ0n) is 13.2. The van der Waals surface area contributed by atoms with E-state index in [2.05, 4.69) is 10.2 Å². The van der Waals surface area contributed by atoms with Crippen molar-refractivity contribution < 1.29 is 18.3 Å². The number of hydrogen-bond acceptors (Lipinski definition) is 4. The average molecular weight is 333 g/mol. The largest absolute Gasteiger partial charge is 0.471 e. The van der Waals surface area contributed by atoms with Gasteiger partial charge in [-0.15, -0.1) is 5.10 Å². The number of carbonyl (C=O) groups is 1. The quantitative estimate of drug-likeness (QED) is 0.861. The van der Waals surface area contributed by atoms with Crippen LogP contribution >= 0.6 is 0 Å². The summed E-state index contributed by atoms with van der Waals surface area (Å²) in [4.78, 5) is 13.9. The number of nitrogens with zero attached hydrogens (tertiary/aromatic N) is 3. The van der Waals surface area contributed by atoms with Gasteiger partial charge in [-0.05, 0) is 24.6 Å². The predicted octanol–water partition coefficient (Wildman–Crippen LogP) is 2.29. The van der Waals surface area contributed by atoms with Crippen LogP contribution in [0.25, 0.3) is 0 Å². The number of aryl methyl sites for hydroxylation is 1. The topological polar surface area (TPSA) is 55.3 Å². The van der Waals surface area contributed by atoms with E-state index in [0.717, 1.165) is 17.8 Å². The monoisotopic (exact) mass is 333 g/mol. The van der Waals surface area contributed by atoms with Crippen LogP contribution in [0.2, 0.25) is 0 Å². The summed E-state index contributed by atoms with van der Waals surface area (Å²) in [7, 11) is 0. The van der Waals surface area contributed by atoms with Crippen molar-refractivity contribution in [3.05, 3.63) is 53.2 Å². The van der Waals surface area contributed by atoms with E-state index in [1.165, 1.54) is 6.07 Å². The van der Waals surface area contributed by atoms with Gasteiger partial charge in [0.25, 0.3) is 0 Å². The average Bonchev–Trinajstić information content (AvgIpc) is 3.01. The lowest BCUT2D eigenvalue weighted by atomic mass is 10.1. The number of hydrogen-bond donors (Lipinski definition) is 0. The predicted molar refractivity (Wildman–Crippen MR) is 82.4 cm³/mol. The summed E-state index contributed by atoms with van der Waals surface area (Å²) < 4.78 is 32.3. The van der Waals surface area contributed by atoms with Crippen LogP contribution in [0, 0.1) is 18.6 Å². The minimum absolute atomic E-state index is 0.0941. The first-order valence-corrected chi connectivity index (χ1v) is 7.70. The zero-order valence-corrected chi connectivity index (χ0v) is 13.2. The second-order valence-corrected chi connectivity index (χ2v) is 5.79. The third-order valence-electron chi connectivity index (χ3n) is 3.92. The molecule has 1 unspecified atom stereocenters. The Balaban J connectivity index is 1.56. The van der Waals surface area contributed by atoms with E-state index in [-0.39, 0.29) is 24.0 Å². The molecule has 1 aromatic carbocycles. The van der Waals surface area contributed by atoms with Gasteiger partial charge in [0.2, 0.25) is 11.8 Å². The Bertz CT molecular complexity index is 737. The molecule has 2 heterocycles. The molecule has 0 bridgehead atoms. The van der Waals surface area contributed by atoms with Crippen LogP contribution in [-0.4, -0.2) is 40.2 Å². The Labute approximate surface area is 138 Å². The van der Waals surface area contributed by atoms with Crippen LogP contribution in [-0.2, 0) is 11.2 Å². The molecular formula is C17H17F2N3O2. The number of benzene rings is 1. The van der Waals surface area contributed by atoms with Gasteiger partial charge in [-0.3, -0.25) is 4.79 Å². The molecule has 24 heavy (non-hydrogen) atoms. The number of likely N-dealkylation sites (tertiary alicyclic amines) is 1. The molecule has 0 radical (unpaired) electrons. The molecule has 1 aliphatic rings. The molecule has 1 amide bonds. The summed E-state index contributed by atoms with van der Waals surface area (Å²) in [5.41, 5.74) is 0.988. The first kappa shape index (κ1) is 16.3. The van der Waals surface area contributed by atoms with Gasteiger partial charge < -0.3 is 9.64 Å². The Morgan fingerprint density at radius 2 is 2.12 bits per heavy atom. The van der Waals surface area contributed by atoms with Gasteiger partial charge in [0.1, 0.15) is 17.7 Å². The molecule has 7 heteroatoms. The van der Waals surface area contributed by atoms with Crippen molar-refractivity contribution in [2.24, 2.45) is 0 Å². The second-order valence-electron chi connectivity index (χ2n) is 5.79. The molecule has 0 aliphatic carbocycles. The lowest BCUT2D eigenvalue weighted by molar-refractivity contribution is -0.129. The van der Waals surface area contributed by atoms with Crippen LogP contribution < -0.4 is 4.74 Å². The maximum Gasteiger partial charge on any atom is 0.233 e. The first-order chi connectivity index (χ1) is 11.5. The third kappa shape index (κ3) is 3.84. The van der Waals surface area contributed by atoms with Crippen molar-refractivity contribution in [2.75, 3.05) is 13.1 Å². The standard InChI is InChI=1S/C17H17F2N3O2/c1-11-2-5-16(21-20-11)24-14-6-7-22(10-14)17(23)8-12-3-4-13(18)9-15(12)19/h2-5,9,14H,6-8,10H2,1H3. The van der Waals surface area contributed by atoms with Gasteiger partial charge in [0.15, 0.2) is 0 Å². The SMILES string of the molecule is Cc1ccc(OC2CCN(C(=O)Cc3ccc(F)cc3F)C2)nn1. The molecule has 1 atom stereocenters. The molecule has 0 N–H and O–H groups in total. The fraction of sp³-hybridized carbons (Fsp3) is 0.353. The summed E-state index contributed by atoms with van der Waals surface area (Å²) in [6.45, 7) is 2.78. The second kappa shape index (κ2) is 6.90. The summed E-state index contributed by atoms with van der Waals surface area (Å²) in [6.07, 6.45) is 0.417. The van der Waals surface area contributed by atoms with E-state index >= 15 is 0 Å². The zero-order chi connectivity index (χ0) is 17.1. The molecule has 1 aromatic heterocycles. The van der Waals surface area contributed by atoms with Crippen molar-refractivity contribution >= 4 is 5.91 Å². The number of halogens is 2. The Morgan fingerprint density at radius 3 is 2.83 bits per heavy atom. The van der Waals surface area contributed by atoms with E-state index in [1.54, 1.807) is 17.0 Å². The van der Waals surface area contributed by atoms with Crippen LogP contribution in [0.15, 0.2) is 30.3 Å². The normalized spacial score (nSPS) is 17.1.